The zero-order chi connectivity index (χ0) is 72.0. The number of sulfonamides is 2. The van der Waals surface area contributed by atoms with Crippen LogP contribution in [-0.2, 0) is 58.1 Å². The van der Waals surface area contributed by atoms with Gasteiger partial charge in [0.05, 0.1) is 22.4 Å². The van der Waals surface area contributed by atoms with Gasteiger partial charge in [0.1, 0.15) is 42.8 Å². The highest BCUT2D eigenvalue weighted by Crippen LogP contribution is 2.58. The summed E-state index contributed by atoms with van der Waals surface area (Å²) in [4.78, 5) is 77.2. The van der Waals surface area contributed by atoms with Gasteiger partial charge in [0.15, 0.2) is 70.2 Å². The Balaban J connectivity index is 0.000000135. The van der Waals surface area contributed by atoms with E-state index in [0.29, 0.717) is 69.7 Å². The molecule has 4 aliphatic heterocycles. The van der Waals surface area contributed by atoms with Gasteiger partial charge >= 0.3 is 12.1 Å². The van der Waals surface area contributed by atoms with Gasteiger partial charge in [0.25, 0.3) is 11.8 Å². The largest absolute Gasteiger partial charge is 0.418 e. The van der Waals surface area contributed by atoms with Crippen molar-refractivity contribution in [2.45, 2.75) is 200 Å². The average Bonchev–Trinajstić information content (AvgIpc) is 1.60. The van der Waals surface area contributed by atoms with Crippen LogP contribution in [-0.4, -0.2) is 152 Å². The number of nitrogens with zero attached hydrogens (tertiary/aromatic N) is 8. The minimum Gasteiger partial charge on any atom is -0.410 e. The molecule has 33 heteroatoms. The highest BCUT2D eigenvalue weighted by atomic mass is 32.2. The van der Waals surface area contributed by atoms with Crippen molar-refractivity contribution in [2.75, 3.05) is 34.8 Å². The molecule has 548 valence electrons. The van der Waals surface area contributed by atoms with Crippen LogP contribution in [0.15, 0.2) is 114 Å². The van der Waals surface area contributed by atoms with Crippen molar-refractivity contribution in [3.63, 3.8) is 0 Å². The third-order valence-corrected chi connectivity index (χ3v) is 24.5. The third-order valence-electron chi connectivity index (χ3n) is 21.3. The van der Waals surface area contributed by atoms with E-state index < -0.39 is 92.8 Å². The topological polar surface area (TPSA) is 399 Å². The van der Waals surface area contributed by atoms with Crippen molar-refractivity contribution in [1.29, 1.82) is 0 Å². The summed E-state index contributed by atoms with van der Waals surface area (Å²) in [6, 6.07) is 20.8. The Morgan fingerprint density at radius 2 is 0.951 bits per heavy atom. The molecule has 5 amide bonds. The molecule has 8 heterocycles. The quantitative estimate of drug-likeness (QED) is 0.0428. The Bertz CT molecular complexity index is 4570. The maximum absolute atomic E-state index is 13.6. The van der Waals surface area contributed by atoms with Crippen molar-refractivity contribution in [3.05, 3.63) is 104 Å². The van der Waals surface area contributed by atoms with E-state index >= 15 is 0 Å². The van der Waals surface area contributed by atoms with Gasteiger partial charge in [-0.25, -0.2) is 65.8 Å². The van der Waals surface area contributed by atoms with Crippen LogP contribution in [0.25, 0.3) is 22.3 Å². The van der Waals surface area contributed by atoms with Gasteiger partial charge < -0.3 is 54.8 Å². The number of nitrogens with one attached hydrogen (secondary N) is 7. The number of aromatic nitrogens is 8. The summed E-state index contributed by atoms with van der Waals surface area (Å²) in [7, 11) is -7.29. The van der Waals surface area contributed by atoms with Crippen LogP contribution in [0, 0.1) is 35.5 Å². The predicted octanol–water partition coefficient (Wildman–Crippen LogP) is 7.78. The number of nitrogen functional groups attached to an aromatic ring is 1. The monoisotopic (exact) mass is 1450 g/mol. The minimum atomic E-state index is -3.81. The first-order valence-corrected chi connectivity index (χ1v) is 38.3. The maximum atomic E-state index is 13.6. The fourth-order valence-electron chi connectivity index (χ4n) is 18.4. The number of carbonyl (C=O) groups is 4. The molecule has 4 saturated heterocycles. The fraction of sp³-hybridized carbons (Fsp3) is 0.543. The van der Waals surface area contributed by atoms with E-state index in [4.69, 9.17) is 38.9 Å². The number of nitrogens with two attached hydrogens (primary N) is 1. The minimum absolute atomic E-state index is 0.0984. The number of carbonyl (C=O) groups excluding carboxylic acids is 4. The van der Waals surface area contributed by atoms with Gasteiger partial charge in [-0.2, -0.15) is 0 Å². The first-order chi connectivity index (χ1) is 49.2. The molecule has 8 aliphatic carbocycles. The number of likely N-dealkylation sites (N-methyl/N-ethyl adjacent to an activating group) is 2. The van der Waals surface area contributed by atoms with Crippen LogP contribution in [0.4, 0.5) is 32.6 Å². The molecule has 12 aliphatic rings. The van der Waals surface area contributed by atoms with Gasteiger partial charge in [-0.05, 0) is 203 Å². The van der Waals surface area contributed by atoms with Gasteiger partial charge in [-0.1, -0.05) is 30.3 Å². The third kappa shape index (κ3) is 14.4. The first-order valence-electron chi connectivity index (χ1n) is 35.3. The zero-order valence-electron chi connectivity index (χ0n) is 57.9. The predicted molar refractivity (Wildman–Crippen MR) is 372 cm³/mol. The number of benzene rings is 3. The van der Waals surface area contributed by atoms with Gasteiger partial charge in [-0.3, -0.25) is 29.4 Å². The molecule has 12 fully saturated rings. The van der Waals surface area contributed by atoms with E-state index in [0.717, 1.165) is 56.3 Å². The van der Waals surface area contributed by atoms with Gasteiger partial charge in [-0.15, -0.1) is 0 Å². The van der Waals surface area contributed by atoms with Crippen LogP contribution in [0.1, 0.15) is 131 Å². The number of urea groups is 1. The van der Waals surface area contributed by atoms with Crippen molar-refractivity contribution in [2.24, 2.45) is 35.5 Å². The maximum Gasteiger partial charge on any atom is 0.418 e. The Morgan fingerprint density at radius 3 is 1.40 bits per heavy atom. The van der Waals surface area contributed by atoms with Crippen molar-refractivity contribution in [3.8, 4) is 5.75 Å². The number of amides is 5. The van der Waals surface area contributed by atoms with Gasteiger partial charge in [0, 0.05) is 35.5 Å². The number of anilines is 4. The Kier molecular flexibility index (Phi) is 18.6. The molecule has 4 unspecified atom stereocenters. The second kappa shape index (κ2) is 27.3. The number of hydrogen-bond acceptors (Lipinski definition) is 22. The second-order valence-corrected chi connectivity index (χ2v) is 33.4. The van der Waals surface area contributed by atoms with Crippen molar-refractivity contribution >= 4 is 89.3 Å². The smallest absolute Gasteiger partial charge is 0.410 e. The molecule has 9 N–H and O–H groups in total. The summed E-state index contributed by atoms with van der Waals surface area (Å²) in [5.74, 6) is 2.23. The van der Waals surface area contributed by atoms with E-state index in [1.807, 2.05) is 19.9 Å². The Labute approximate surface area is 595 Å². The molecule has 8 saturated carbocycles. The highest BCUT2D eigenvalue weighted by molar-refractivity contribution is 7.89. The standard InChI is InChI=1S/C32H40N8O7S.C22H24N6O6.C16H22N2O2S/c1-4-33-28(41)24-23-25(47-31(2,3)46-23)29(45-24)40-16-36-22-26(34-15-35-27(22)40)38-30(42)37-20-6-5-7-21(11-20)48(43,44)39-32-12-17-8-18(13-32)10-19(9-17)14-32;1-4-23-19(29)15-14-16(34-22(2,3)33-14)20(32-15)28-11-26-13-17(24-10-25-18(13)28)27-21(30)31-12-8-6-5-7-9-12;17-14-2-1-3-15(7-14)21(19,20)18-16-8-11-4-12(9-16)6-13(5-11)10-16/h5-7,11,15-19,23-25,29,39H,4,8-10,12-14H2,1-3H3,(H,33,41)(H2,34,35,37,38,42);5-11,14-16,20H,4H2,1-3H3,(H,23,29)(H,24,25,27,30);1-3,7,11-13,18H,4-6,8-10,17H2/t17?,18?,19?,23?,24-,25?,29+,32?;14?,15-,16?,20+;/m00./s1. The lowest BCUT2D eigenvalue weighted by atomic mass is 9.53. The summed E-state index contributed by atoms with van der Waals surface area (Å²) in [6.45, 7) is 11.7. The lowest BCUT2D eigenvalue weighted by Crippen LogP contribution is -2.59. The molecular weight excluding hydrogens is 1370 g/mol. The molecule has 3 aromatic carbocycles. The Morgan fingerprint density at radius 1 is 0.524 bits per heavy atom. The van der Waals surface area contributed by atoms with Crippen LogP contribution in [0.2, 0.25) is 0 Å². The lowest BCUT2D eigenvalue weighted by Gasteiger charge is -2.56. The van der Waals surface area contributed by atoms with Gasteiger partial charge in [0.2, 0.25) is 20.0 Å². The van der Waals surface area contributed by atoms with Crippen molar-refractivity contribution in [1.82, 2.24) is 59.1 Å². The molecule has 8 atom stereocenters. The Hall–Kier alpha value is -8.38. The first kappa shape index (κ1) is 70.3. The number of ether oxygens (including phenoxy) is 7. The lowest BCUT2D eigenvalue weighted by molar-refractivity contribution is -0.198. The average molecular weight is 1460 g/mol. The van der Waals surface area contributed by atoms with Crippen LogP contribution in [0.5, 0.6) is 5.75 Å². The number of hydrogen-bond donors (Lipinski definition) is 8. The van der Waals surface area contributed by atoms with Crippen molar-refractivity contribution < 1.29 is 69.2 Å². The summed E-state index contributed by atoms with van der Waals surface area (Å²) < 4.78 is 104. The SMILES string of the molecule is CCNC(=O)[C@H]1O[C@@H](n2cnc3c(NC(=O)Nc4cccc(S(=O)(=O)NC56CC7CC(CC(C7)C5)C6)c4)ncnc32)C2OC(C)(C)OC21.CCNC(=O)[C@H]1O[C@@H](n2cnc3c(NC(=O)Oc4ccccc4)ncnc32)C2OC(C)(C)OC21.Nc1cccc(S(=O)(=O)NC23CC4CC(CC(C4)C2)C3)c1. The van der Waals surface area contributed by atoms with Crippen LogP contribution in [0.3, 0.4) is 0 Å². The molecule has 8 bridgehead atoms. The van der Waals surface area contributed by atoms with E-state index in [-0.39, 0.29) is 44.9 Å². The molecule has 0 radical (unpaired) electrons. The van der Waals surface area contributed by atoms with E-state index in [2.05, 4.69) is 65.9 Å². The number of rotatable bonds is 16. The molecule has 7 aromatic rings. The van der Waals surface area contributed by atoms with Crippen LogP contribution >= 0.6 is 0 Å². The normalized spacial score (nSPS) is 31.4. The highest BCUT2D eigenvalue weighted by Gasteiger charge is 2.61. The second-order valence-electron chi connectivity index (χ2n) is 30.0. The summed E-state index contributed by atoms with van der Waals surface area (Å²) in [6.07, 6.45) is 12.4. The summed E-state index contributed by atoms with van der Waals surface area (Å²) in [5.41, 5.74) is 7.28. The number of imidazole rings is 2. The number of fused-ring (bicyclic) bond motifs is 4. The molecule has 0 spiro atoms. The number of para-hydroxylation sites is 1. The van der Waals surface area contributed by atoms with E-state index in [1.165, 1.54) is 69.9 Å². The fourth-order valence-corrected chi connectivity index (χ4v) is 21.4. The molecule has 19 rings (SSSR count). The van der Waals surface area contributed by atoms with Crippen LogP contribution < -0.4 is 46.5 Å². The molecule has 31 nitrogen and oxygen atoms in total. The molecule has 4 aromatic heterocycles. The zero-order valence-corrected chi connectivity index (χ0v) is 59.5. The summed E-state index contributed by atoms with van der Waals surface area (Å²) in [5, 5.41) is 13.6. The summed E-state index contributed by atoms with van der Waals surface area (Å²) >= 11 is 0. The molecule has 103 heavy (non-hydrogen) atoms. The van der Waals surface area contributed by atoms with E-state index in [1.54, 1.807) is 104 Å². The molecular formula is C70H86N16O15S2. The van der Waals surface area contributed by atoms with E-state index in [9.17, 15) is 36.0 Å².